The van der Waals surface area contributed by atoms with E-state index in [1.807, 2.05) is 0 Å². The number of rotatable bonds is 4. The fourth-order valence-electron chi connectivity index (χ4n) is 3.04. The third-order valence-corrected chi connectivity index (χ3v) is 6.54. The van der Waals surface area contributed by atoms with Gasteiger partial charge in [0, 0.05) is 5.39 Å². The molecule has 7 nitrogen and oxygen atoms in total. The molecule has 0 fully saturated rings. The van der Waals surface area contributed by atoms with Crippen LogP contribution in [0.25, 0.3) is 21.5 Å². The monoisotopic (exact) mass is 430 g/mol. The minimum absolute atomic E-state index is 0.0258. The van der Waals surface area contributed by atoms with Crippen molar-refractivity contribution in [1.82, 2.24) is 0 Å². The third kappa shape index (κ3) is 3.75. The van der Waals surface area contributed by atoms with Gasteiger partial charge in [0.05, 0.1) is 4.90 Å². The maximum Gasteiger partial charge on any atom is 0.339 e. The molecule has 0 heterocycles. The highest BCUT2D eigenvalue weighted by atomic mass is 32.2. The van der Waals surface area contributed by atoms with Crippen LogP contribution >= 0.6 is 0 Å². The van der Waals surface area contributed by atoms with Gasteiger partial charge in [-0.1, -0.05) is 30.3 Å². The second-order valence-corrected chi connectivity index (χ2v) is 9.28. The highest BCUT2D eigenvalue weighted by Gasteiger charge is 2.20. The number of hydrogen-bond donors (Lipinski definition) is 2. The van der Waals surface area contributed by atoms with Crippen molar-refractivity contribution in [3.63, 3.8) is 0 Å². The topological polar surface area (TPSA) is 118 Å². The lowest BCUT2D eigenvalue weighted by Gasteiger charge is -2.11. The minimum atomic E-state index is -4.40. The van der Waals surface area contributed by atoms with Crippen LogP contribution in [0.15, 0.2) is 82.6 Å². The molecular formula is C20H14O7S2. The summed E-state index contributed by atoms with van der Waals surface area (Å²) >= 11 is 0. The van der Waals surface area contributed by atoms with Gasteiger partial charge in [0.15, 0.2) is 0 Å². The van der Waals surface area contributed by atoms with Crippen molar-refractivity contribution in [1.29, 1.82) is 0 Å². The Balaban J connectivity index is 1.79. The van der Waals surface area contributed by atoms with Gasteiger partial charge >= 0.3 is 10.1 Å². The molecule has 0 aliphatic rings. The molecule has 2 N–H and O–H groups in total. The zero-order chi connectivity index (χ0) is 20.8. The molecular weight excluding hydrogens is 416 g/mol. The first kappa shape index (κ1) is 19.2. The molecule has 4 aromatic carbocycles. The molecule has 29 heavy (non-hydrogen) atoms. The lowest BCUT2D eigenvalue weighted by molar-refractivity contribution is 0.475. The maximum absolute atomic E-state index is 12.8. The SMILES string of the molecule is O=S(=O)(O)c1ccc2ccc(OS(=O)(=O)c3cccc4ccc(O)cc34)cc2c1. The number of benzene rings is 4. The van der Waals surface area contributed by atoms with E-state index in [4.69, 9.17) is 4.18 Å². The fraction of sp³-hybridized carbons (Fsp3) is 0. The van der Waals surface area contributed by atoms with E-state index in [1.165, 1.54) is 48.5 Å². The van der Waals surface area contributed by atoms with Crippen LogP contribution in [0.1, 0.15) is 0 Å². The van der Waals surface area contributed by atoms with Crippen LogP contribution in [0.5, 0.6) is 11.5 Å². The van der Waals surface area contributed by atoms with Crippen LogP contribution in [0.2, 0.25) is 0 Å². The smallest absolute Gasteiger partial charge is 0.339 e. The van der Waals surface area contributed by atoms with Gasteiger partial charge in [-0.3, -0.25) is 4.55 Å². The van der Waals surface area contributed by atoms with E-state index in [9.17, 15) is 26.5 Å². The Morgan fingerprint density at radius 3 is 2.21 bits per heavy atom. The number of phenolic OH excluding ortho intramolecular Hbond substituents is 1. The Kier molecular flexibility index (Phi) is 4.45. The summed E-state index contributed by atoms with van der Waals surface area (Å²) in [6, 6.07) is 17.4. The quantitative estimate of drug-likeness (QED) is 0.374. The van der Waals surface area contributed by atoms with E-state index in [0.29, 0.717) is 21.5 Å². The zero-order valence-electron chi connectivity index (χ0n) is 14.7. The molecule has 9 heteroatoms. The molecule has 0 atom stereocenters. The van der Waals surface area contributed by atoms with E-state index >= 15 is 0 Å². The van der Waals surface area contributed by atoms with Crippen LogP contribution in [0, 0.1) is 0 Å². The standard InChI is InChI=1S/C20H14O7S2/c21-16-7-4-14-2-1-3-20(19(14)12-16)29(25,26)27-17-8-5-13-6-9-18(28(22,23)24)11-15(13)10-17/h1-12,21H,(H,22,23,24). The highest BCUT2D eigenvalue weighted by Crippen LogP contribution is 2.30. The summed E-state index contributed by atoms with van der Waals surface area (Å²) in [6.45, 7) is 0. The van der Waals surface area contributed by atoms with E-state index in [-0.39, 0.29) is 21.3 Å². The number of aromatic hydroxyl groups is 1. The van der Waals surface area contributed by atoms with Gasteiger partial charge in [0.2, 0.25) is 0 Å². The Morgan fingerprint density at radius 2 is 1.45 bits per heavy atom. The largest absolute Gasteiger partial charge is 0.508 e. The third-order valence-electron chi connectivity index (χ3n) is 4.38. The Bertz CT molecular complexity index is 1470. The minimum Gasteiger partial charge on any atom is -0.508 e. The lowest BCUT2D eigenvalue weighted by Crippen LogP contribution is -2.10. The first-order valence-electron chi connectivity index (χ1n) is 8.31. The highest BCUT2D eigenvalue weighted by molar-refractivity contribution is 7.87. The van der Waals surface area contributed by atoms with Crippen molar-refractivity contribution in [2.75, 3.05) is 0 Å². The number of phenols is 1. The molecule has 0 unspecified atom stereocenters. The normalized spacial score (nSPS) is 12.3. The molecule has 0 aliphatic heterocycles. The Morgan fingerprint density at radius 1 is 0.724 bits per heavy atom. The molecule has 0 aromatic heterocycles. The van der Waals surface area contributed by atoms with Gasteiger partial charge < -0.3 is 9.29 Å². The van der Waals surface area contributed by atoms with Crippen molar-refractivity contribution in [2.45, 2.75) is 9.79 Å². The molecule has 0 spiro atoms. The van der Waals surface area contributed by atoms with Gasteiger partial charge in [0.25, 0.3) is 10.1 Å². The average molecular weight is 430 g/mol. The molecule has 4 aromatic rings. The van der Waals surface area contributed by atoms with Crippen LogP contribution in [0.4, 0.5) is 0 Å². The van der Waals surface area contributed by atoms with Crippen molar-refractivity contribution in [3.8, 4) is 11.5 Å². The predicted octanol–water partition coefficient (Wildman–Crippen LogP) is 3.71. The summed E-state index contributed by atoms with van der Waals surface area (Å²) in [5, 5.41) is 11.7. The summed E-state index contributed by atoms with van der Waals surface area (Å²) in [6.07, 6.45) is 0. The molecule has 0 aliphatic carbocycles. The number of fused-ring (bicyclic) bond motifs is 2. The van der Waals surface area contributed by atoms with Crippen LogP contribution < -0.4 is 4.18 Å². The predicted molar refractivity (Wildman–Crippen MR) is 107 cm³/mol. The molecule has 0 radical (unpaired) electrons. The van der Waals surface area contributed by atoms with E-state index in [0.717, 1.165) is 0 Å². The summed E-state index contributed by atoms with van der Waals surface area (Å²) in [5.41, 5.74) is 0. The Hall–Kier alpha value is -3.14. The molecule has 148 valence electrons. The maximum atomic E-state index is 12.8. The molecule has 0 saturated carbocycles. The summed E-state index contributed by atoms with van der Waals surface area (Å²) in [7, 11) is -8.64. The van der Waals surface area contributed by atoms with Crippen LogP contribution in [-0.4, -0.2) is 26.5 Å². The number of hydrogen-bond acceptors (Lipinski definition) is 6. The fourth-order valence-corrected chi connectivity index (χ4v) is 4.69. The van der Waals surface area contributed by atoms with Gasteiger partial charge in [0.1, 0.15) is 16.4 Å². The van der Waals surface area contributed by atoms with E-state index in [1.54, 1.807) is 24.3 Å². The van der Waals surface area contributed by atoms with Crippen molar-refractivity contribution >= 4 is 41.8 Å². The summed E-state index contributed by atoms with van der Waals surface area (Å²) in [5.74, 6) is -0.106. The summed E-state index contributed by atoms with van der Waals surface area (Å²) in [4.78, 5) is -0.424. The Labute approximate surface area is 166 Å². The van der Waals surface area contributed by atoms with Gasteiger partial charge in [-0.25, -0.2) is 0 Å². The van der Waals surface area contributed by atoms with E-state index < -0.39 is 20.2 Å². The van der Waals surface area contributed by atoms with Gasteiger partial charge in [-0.05, 0) is 58.6 Å². The first-order valence-corrected chi connectivity index (χ1v) is 11.2. The summed E-state index contributed by atoms with van der Waals surface area (Å²) < 4.78 is 62.8. The van der Waals surface area contributed by atoms with E-state index in [2.05, 4.69) is 0 Å². The van der Waals surface area contributed by atoms with Crippen LogP contribution in [0.3, 0.4) is 0 Å². The van der Waals surface area contributed by atoms with Crippen molar-refractivity contribution < 1.29 is 30.7 Å². The van der Waals surface area contributed by atoms with Crippen molar-refractivity contribution in [2.24, 2.45) is 0 Å². The molecule has 0 saturated heterocycles. The average Bonchev–Trinajstić information content (AvgIpc) is 2.65. The van der Waals surface area contributed by atoms with Gasteiger partial charge in [-0.2, -0.15) is 16.8 Å². The second kappa shape index (κ2) is 6.73. The van der Waals surface area contributed by atoms with Crippen molar-refractivity contribution in [3.05, 3.63) is 72.8 Å². The molecule has 4 rings (SSSR count). The molecule has 0 amide bonds. The second-order valence-electron chi connectivity index (χ2n) is 6.34. The van der Waals surface area contributed by atoms with Gasteiger partial charge in [-0.15, -0.1) is 0 Å². The zero-order valence-corrected chi connectivity index (χ0v) is 16.3. The molecule has 0 bridgehead atoms. The lowest BCUT2D eigenvalue weighted by atomic mass is 10.1. The first-order chi connectivity index (χ1) is 13.6. The van der Waals surface area contributed by atoms with Crippen LogP contribution in [-0.2, 0) is 20.2 Å².